The van der Waals surface area contributed by atoms with Crippen molar-refractivity contribution in [3.63, 3.8) is 0 Å². The number of aromatic nitrogens is 2. The van der Waals surface area contributed by atoms with Crippen LogP contribution in [0, 0.1) is 17.7 Å². The number of fused-ring (bicyclic) bond motifs is 2. The SMILES string of the molecule is CCOC(=O)N[C@@H]1CC[C@@H]2[C@H](Cc3cnsc3[C@H]2/C=C/c2ccc(-c3cccc(F)c3)cn2)C1. The van der Waals surface area contributed by atoms with Crippen molar-refractivity contribution < 1.29 is 13.9 Å². The fraction of sp³-hybridized carbons (Fsp3) is 0.370. The molecule has 7 heteroatoms. The van der Waals surface area contributed by atoms with Gasteiger partial charge in [0.15, 0.2) is 0 Å². The van der Waals surface area contributed by atoms with Crippen molar-refractivity contribution in [3.05, 3.63) is 76.8 Å². The van der Waals surface area contributed by atoms with E-state index < -0.39 is 0 Å². The molecular weight excluding hydrogens is 449 g/mol. The van der Waals surface area contributed by atoms with Crippen LogP contribution in [0.15, 0.2) is 54.9 Å². The third-order valence-corrected chi connectivity index (χ3v) is 7.92. The summed E-state index contributed by atoms with van der Waals surface area (Å²) in [4.78, 5) is 17.9. The molecule has 176 valence electrons. The topological polar surface area (TPSA) is 64.1 Å². The third-order valence-electron chi connectivity index (χ3n) is 6.98. The van der Waals surface area contributed by atoms with E-state index in [9.17, 15) is 9.18 Å². The van der Waals surface area contributed by atoms with Crippen LogP contribution in [0.1, 0.15) is 48.2 Å². The van der Waals surface area contributed by atoms with Crippen LogP contribution < -0.4 is 5.32 Å². The Hall–Kier alpha value is -3.06. The first-order chi connectivity index (χ1) is 16.6. The normalized spacial score (nSPS) is 23.8. The summed E-state index contributed by atoms with van der Waals surface area (Å²) < 4.78 is 23.1. The first-order valence-corrected chi connectivity index (χ1v) is 12.6. The summed E-state index contributed by atoms with van der Waals surface area (Å²) in [6, 6.07) is 10.7. The van der Waals surface area contributed by atoms with E-state index in [-0.39, 0.29) is 18.0 Å². The molecule has 5 nitrogen and oxygen atoms in total. The second-order valence-corrected chi connectivity index (χ2v) is 9.92. The lowest BCUT2D eigenvalue weighted by atomic mass is 9.64. The molecule has 1 amide bonds. The van der Waals surface area contributed by atoms with Crippen LogP contribution in [-0.2, 0) is 11.2 Å². The smallest absolute Gasteiger partial charge is 0.407 e. The van der Waals surface area contributed by atoms with Crippen molar-refractivity contribution in [1.82, 2.24) is 14.7 Å². The lowest BCUT2D eigenvalue weighted by Gasteiger charge is -2.42. The van der Waals surface area contributed by atoms with Crippen LogP contribution in [-0.4, -0.2) is 28.1 Å². The van der Waals surface area contributed by atoms with Gasteiger partial charge in [-0.3, -0.25) is 4.98 Å². The van der Waals surface area contributed by atoms with E-state index in [1.807, 2.05) is 31.3 Å². The molecule has 5 rings (SSSR count). The highest BCUT2D eigenvalue weighted by atomic mass is 32.1. The fourth-order valence-electron chi connectivity index (χ4n) is 5.41. The summed E-state index contributed by atoms with van der Waals surface area (Å²) in [6.07, 6.45) is 11.8. The second-order valence-electron chi connectivity index (χ2n) is 9.09. The van der Waals surface area contributed by atoms with E-state index >= 15 is 0 Å². The van der Waals surface area contributed by atoms with Gasteiger partial charge in [0.25, 0.3) is 0 Å². The van der Waals surface area contributed by atoms with E-state index in [0.717, 1.165) is 42.5 Å². The second kappa shape index (κ2) is 10.1. The number of alkyl carbamates (subject to hydrolysis) is 1. The third kappa shape index (κ3) is 4.89. The van der Waals surface area contributed by atoms with Crippen molar-refractivity contribution in [2.75, 3.05) is 6.61 Å². The Morgan fingerprint density at radius 2 is 2.15 bits per heavy atom. The molecule has 4 atom stereocenters. The van der Waals surface area contributed by atoms with E-state index in [2.05, 4.69) is 26.8 Å². The lowest BCUT2D eigenvalue weighted by Crippen LogP contribution is -2.43. The number of benzene rings is 1. The molecule has 2 aliphatic rings. The minimum atomic E-state index is -0.316. The number of carbonyl (C=O) groups excluding carboxylic acids is 1. The Morgan fingerprint density at radius 3 is 2.94 bits per heavy atom. The summed E-state index contributed by atoms with van der Waals surface area (Å²) in [5.41, 5.74) is 3.92. The molecule has 1 saturated carbocycles. The molecule has 0 bridgehead atoms. The van der Waals surface area contributed by atoms with Crippen molar-refractivity contribution in [3.8, 4) is 11.1 Å². The first kappa shape index (κ1) is 22.7. The zero-order valence-electron chi connectivity index (χ0n) is 19.1. The van der Waals surface area contributed by atoms with Crippen LogP contribution in [0.4, 0.5) is 9.18 Å². The fourth-order valence-corrected chi connectivity index (χ4v) is 6.34. The molecule has 0 aliphatic heterocycles. The van der Waals surface area contributed by atoms with Crippen molar-refractivity contribution >= 4 is 23.7 Å². The Kier molecular flexibility index (Phi) is 6.72. The number of rotatable bonds is 5. The van der Waals surface area contributed by atoms with Crippen LogP contribution in [0.25, 0.3) is 17.2 Å². The predicted molar refractivity (Wildman–Crippen MR) is 132 cm³/mol. The predicted octanol–water partition coefficient (Wildman–Crippen LogP) is 6.23. The molecule has 2 aromatic heterocycles. The molecule has 2 aliphatic carbocycles. The maximum Gasteiger partial charge on any atom is 0.407 e. The Morgan fingerprint density at radius 1 is 1.24 bits per heavy atom. The number of nitrogens with zero attached hydrogens (tertiary/aromatic N) is 2. The first-order valence-electron chi connectivity index (χ1n) is 11.9. The van der Waals surface area contributed by atoms with Crippen LogP contribution >= 0.6 is 11.5 Å². The van der Waals surface area contributed by atoms with Gasteiger partial charge in [0.2, 0.25) is 0 Å². The Bertz CT molecular complexity index is 1180. The van der Waals surface area contributed by atoms with Gasteiger partial charge in [-0.1, -0.05) is 24.3 Å². The molecule has 1 aromatic carbocycles. The van der Waals surface area contributed by atoms with Crippen LogP contribution in [0.2, 0.25) is 0 Å². The van der Waals surface area contributed by atoms with Gasteiger partial charge in [-0.05, 0) is 91.4 Å². The summed E-state index contributed by atoms with van der Waals surface area (Å²) in [5.74, 6) is 1.08. The molecule has 0 unspecified atom stereocenters. The van der Waals surface area contributed by atoms with Gasteiger partial charge in [0, 0.05) is 34.8 Å². The molecule has 1 fully saturated rings. The highest BCUT2D eigenvalue weighted by Crippen LogP contribution is 2.48. The summed E-state index contributed by atoms with van der Waals surface area (Å²) in [5, 5.41) is 3.04. The molecule has 0 spiro atoms. The van der Waals surface area contributed by atoms with Gasteiger partial charge >= 0.3 is 6.09 Å². The molecule has 1 N–H and O–H groups in total. The van der Waals surface area contributed by atoms with Crippen LogP contribution in [0.5, 0.6) is 0 Å². The average Bonchev–Trinajstić information content (AvgIpc) is 3.30. The Labute approximate surface area is 203 Å². The standard InChI is InChI=1S/C27H28FN3O2S/c1-2-33-27(32)31-23-9-10-24-19(14-23)12-20-16-30-34-26(20)25(24)11-8-22-7-6-18(15-29-22)17-4-3-5-21(28)13-17/h3-8,11,13,15-16,19,23-25H,2,9-10,12,14H2,1H3,(H,31,32)/b11-8+/t19-,23-,24-,25+/m1/s1. The number of halogens is 1. The molecule has 0 saturated heterocycles. The zero-order chi connectivity index (χ0) is 23.5. The minimum Gasteiger partial charge on any atom is -0.450 e. The molecule has 34 heavy (non-hydrogen) atoms. The number of nitrogens with one attached hydrogen (secondary N) is 1. The van der Waals surface area contributed by atoms with E-state index in [1.54, 1.807) is 23.8 Å². The number of carbonyl (C=O) groups is 1. The summed E-state index contributed by atoms with van der Waals surface area (Å²) >= 11 is 1.60. The Balaban J connectivity index is 1.32. The van der Waals surface area contributed by atoms with E-state index in [0.29, 0.717) is 24.4 Å². The lowest BCUT2D eigenvalue weighted by molar-refractivity contribution is 0.129. The van der Waals surface area contributed by atoms with E-state index in [4.69, 9.17) is 4.74 Å². The molecule has 0 radical (unpaired) electrons. The quantitative estimate of drug-likeness (QED) is 0.473. The van der Waals surface area contributed by atoms with Crippen LogP contribution in [0.3, 0.4) is 0 Å². The number of amides is 1. The molecular formula is C27H28FN3O2S. The highest BCUT2D eigenvalue weighted by molar-refractivity contribution is 7.06. The monoisotopic (exact) mass is 477 g/mol. The van der Waals surface area contributed by atoms with Crippen molar-refractivity contribution in [2.24, 2.45) is 11.8 Å². The number of hydrogen-bond acceptors (Lipinski definition) is 5. The number of hydrogen-bond donors (Lipinski definition) is 1. The summed E-state index contributed by atoms with van der Waals surface area (Å²) in [7, 11) is 0. The van der Waals surface area contributed by atoms with E-state index in [1.165, 1.54) is 22.6 Å². The highest BCUT2D eigenvalue weighted by Gasteiger charge is 2.40. The summed E-state index contributed by atoms with van der Waals surface area (Å²) in [6.45, 7) is 2.21. The van der Waals surface area contributed by atoms with Gasteiger partial charge in [0.1, 0.15) is 5.82 Å². The number of allylic oxidation sites excluding steroid dienone is 1. The van der Waals surface area contributed by atoms with Gasteiger partial charge in [-0.25, -0.2) is 13.6 Å². The molecule has 2 heterocycles. The number of pyridine rings is 1. The van der Waals surface area contributed by atoms with Gasteiger partial charge in [0.05, 0.1) is 12.3 Å². The van der Waals surface area contributed by atoms with Crippen molar-refractivity contribution in [2.45, 2.75) is 44.6 Å². The largest absolute Gasteiger partial charge is 0.450 e. The minimum absolute atomic E-state index is 0.162. The van der Waals surface area contributed by atoms with Crippen molar-refractivity contribution in [1.29, 1.82) is 0 Å². The molecule has 3 aromatic rings. The zero-order valence-corrected chi connectivity index (χ0v) is 19.9. The van der Waals surface area contributed by atoms with Gasteiger partial charge in [-0.15, -0.1) is 0 Å². The maximum absolute atomic E-state index is 13.5. The van der Waals surface area contributed by atoms with Gasteiger partial charge in [-0.2, -0.15) is 0 Å². The van der Waals surface area contributed by atoms with Gasteiger partial charge < -0.3 is 10.1 Å². The average molecular weight is 478 g/mol. The number of ether oxygens (including phenoxy) is 1. The maximum atomic E-state index is 13.5.